The number of rotatable bonds is 10. The van der Waals surface area contributed by atoms with Crippen LogP contribution in [0.3, 0.4) is 0 Å². The summed E-state index contributed by atoms with van der Waals surface area (Å²) in [6, 6.07) is 11.0. The first-order valence-corrected chi connectivity index (χ1v) is 13.0. The molecule has 0 atom stereocenters. The summed E-state index contributed by atoms with van der Waals surface area (Å²) < 4.78 is 17.0. The second-order valence-electron chi connectivity index (χ2n) is 8.42. The van der Waals surface area contributed by atoms with Crippen LogP contribution < -0.4 is 24.4 Å². The van der Waals surface area contributed by atoms with Crippen LogP contribution in [0.15, 0.2) is 64.6 Å². The van der Waals surface area contributed by atoms with Gasteiger partial charge in [-0.05, 0) is 83.9 Å². The second kappa shape index (κ2) is 12.5. The summed E-state index contributed by atoms with van der Waals surface area (Å²) in [7, 11) is 0. The van der Waals surface area contributed by atoms with Gasteiger partial charge in [0.1, 0.15) is 11.3 Å². The van der Waals surface area contributed by atoms with E-state index in [1.165, 1.54) is 30.3 Å². The fourth-order valence-electron chi connectivity index (χ4n) is 3.91. The fraction of sp³-hybridized carbons (Fsp3) is 0.148. The molecule has 0 saturated carbocycles. The molecule has 1 N–H and O–H groups in total. The Hall–Kier alpha value is -5.31. The van der Waals surface area contributed by atoms with Crippen LogP contribution >= 0.6 is 15.9 Å². The maximum atomic E-state index is 13.3. The van der Waals surface area contributed by atoms with Gasteiger partial charge in [-0.3, -0.25) is 35.1 Å². The summed E-state index contributed by atoms with van der Waals surface area (Å²) in [4.78, 5) is 60.4. The smallest absolute Gasteiger partial charge is 0.335 e. The highest BCUT2D eigenvalue weighted by Gasteiger charge is 2.37. The number of hydrogen-bond donors (Lipinski definition) is 1. The lowest BCUT2D eigenvalue weighted by Gasteiger charge is -2.26. The molecule has 1 fully saturated rings. The summed E-state index contributed by atoms with van der Waals surface area (Å²) >= 11 is 3.32. The predicted octanol–water partition coefficient (Wildman–Crippen LogP) is 5.52. The number of urea groups is 1. The van der Waals surface area contributed by atoms with E-state index in [0.717, 1.165) is 23.1 Å². The summed E-state index contributed by atoms with van der Waals surface area (Å²) in [6.07, 6.45) is 1.25. The van der Waals surface area contributed by atoms with Gasteiger partial charge in [0.05, 0.1) is 39.3 Å². The van der Waals surface area contributed by atoms with Crippen LogP contribution in [-0.4, -0.2) is 40.9 Å². The highest BCUT2D eigenvalue weighted by Crippen LogP contribution is 2.43. The van der Waals surface area contributed by atoms with Gasteiger partial charge in [-0.1, -0.05) is 0 Å². The van der Waals surface area contributed by atoms with E-state index in [1.807, 2.05) is 6.92 Å². The largest absolute Gasteiger partial charge is 0.494 e. The zero-order valence-electron chi connectivity index (χ0n) is 22.0. The third-order valence-corrected chi connectivity index (χ3v) is 6.30. The maximum Gasteiger partial charge on any atom is 0.335 e. The van der Waals surface area contributed by atoms with Gasteiger partial charge in [0, 0.05) is 6.07 Å². The van der Waals surface area contributed by atoms with E-state index in [0.29, 0.717) is 12.4 Å². The Balaban J connectivity index is 1.71. The number of nitrogens with zero attached hydrogens (tertiary/aromatic N) is 3. The Morgan fingerprint density at radius 1 is 0.905 bits per heavy atom. The number of hydrogen-bond acceptors (Lipinski definition) is 10. The number of amides is 4. The number of nitro benzene ring substituents is 2. The molecule has 0 bridgehead atoms. The van der Waals surface area contributed by atoms with E-state index >= 15 is 0 Å². The van der Waals surface area contributed by atoms with E-state index in [9.17, 15) is 34.6 Å². The van der Waals surface area contributed by atoms with Gasteiger partial charge >= 0.3 is 11.7 Å². The molecule has 4 rings (SSSR count). The Morgan fingerprint density at radius 2 is 1.60 bits per heavy atom. The third kappa shape index (κ3) is 6.20. The van der Waals surface area contributed by atoms with Crippen LogP contribution in [-0.2, 0) is 9.59 Å². The third-order valence-electron chi connectivity index (χ3n) is 5.71. The molecule has 1 aliphatic heterocycles. The number of nitro groups is 2. The van der Waals surface area contributed by atoms with Crippen molar-refractivity contribution in [2.45, 2.75) is 13.8 Å². The second-order valence-corrected chi connectivity index (χ2v) is 9.27. The number of benzene rings is 3. The van der Waals surface area contributed by atoms with Crippen molar-refractivity contribution >= 4 is 56.9 Å². The monoisotopic (exact) mass is 640 g/mol. The van der Waals surface area contributed by atoms with Crippen LogP contribution in [0.5, 0.6) is 23.0 Å². The van der Waals surface area contributed by atoms with Crippen molar-refractivity contribution in [2.24, 2.45) is 0 Å². The number of halogens is 1. The molecule has 3 aromatic rings. The molecule has 1 heterocycles. The van der Waals surface area contributed by atoms with E-state index in [-0.39, 0.29) is 45.2 Å². The van der Waals surface area contributed by atoms with Crippen LogP contribution in [0, 0.1) is 20.2 Å². The normalized spacial score (nSPS) is 14.0. The first-order valence-electron chi connectivity index (χ1n) is 12.2. The molecule has 14 nitrogen and oxygen atoms in total. The standard InChI is InChI=1S/C27H21BrN4O10/c1-3-40-18-8-5-16(6-9-18)30-26(34)19(25(33)29-27(30)35)11-15-12-20(28)24(23(13-15)41-4-2)42-22-10-7-17(31(36)37)14-21(22)32(38)39/h5-14H,3-4H2,1-2H3,(H,29,33,35)/b19-11+. The van der Waals surface area contributed by atoms with Gasteiger partial charge in [0.15, 0.2) is 11.5 Å². The summed E-state index contributed by atoms with van der Waals surface area (Å²) in [6.45, 7) is 4.06. The minimum atomic E-state index is -0.920. The number of carbonyl (C=O) groups excluding carboxylic acids is 3. The summed E-state index contributed by atoms with van der Waals surface area (Å²) in [5.41, 5.74) is -0.988. The van der Waals surface area contributed by atoms with Gasteiger partial charge in [0.2, 0.25) is 5.75 Å². The molecule has 0 aromatic heterocycles. The van der Waals surface area contributed by atoms with Gasteiger partial charge in [0.25, 0.3) is 17.5 Å². The predicted molar refractivity (Wildman–Crippen MR) is 152 cm³/mol. The Labute approximate surface area is 245 Å². The van der Waals surface area contributed by atoms with Crippen molar-refractivity contribution in [3.63, 3.8) is 0 Å². The first-order chi connectivity index (χ1) is 20.0. The molecule has 0 radical (unpaired) electrons. The molecule has 216 valence electrons. The first kappa shape index (κ1) is 29.7. The molecular weight excluding hydrogens is 620 g/mol. The van der Waals surface area contributed by atoms with Crippen molar-refractivity contribution < 1.29 is 38.4 Å². The number of barbiturate groups is 1. The molecule has 15 heteroatoms. The van der Waals surface area contributed by atoms with Crippen molar-refractivity contribution in [1.82, 2.24) is 5.32 Å². The topological polar surface area (TPSA) is 180 Å². The van der Waals surface area contributed by atoms with Crippen molar-refractivity contribution in [3.8, 4) is 23.0 Å². The van der Waals surface area contributed by atoms with E-state index in [2.05, 4.69) is 21.2 Å². The van der Waals surface area contributed by atoms with Crippen LogP contribution in [0.4, 0.5) is 21.9 Å². The van der Waals surface area contributed by atoms with Crippen LogP contribution in [0.1, 0.15) is 19.4 Å². The van der Waals surface area contributed by atoms with Crippen LogP contribution in [0.2, 0.25) is 0 Å². The summed E-state index contributed by atoms with van der Waals surface area (Å²) in [5, 5.41) is 24.8. The van der Waals surface area contributed by atoms with Crippen molar-refractivity contribution in [3.05, 3.63) is 90.4 Å². The maximum absolute atomic E-state index is 13.3. The van der Waals surface area contributed by atoms with Crippen molar-refractivity contribution in [1.29, 1.82) is 0 Å². The van der Waals surface area contributed by atoms with Gasteiger partial charge in [-0.25, -0.2) is 9.69 Å². The van der Waals surface area contributed by atoms with E-state index in [1.54, 1.807) is 19.1 Å². The van der Waals surface area contributed by atoms with Gasteiger partial charge in [-0.15, -0.1) is 0 Å². The number of non-ortho nitro benzene ring substituents is 1. The van der Waals surface area contributed by atoms with E-state index < -0.39 is 39.1 Å². The molecule has 1 aliphatic rings. The number of imide groups is 2. The molecule has 4 amide bonds. The number of ether oxygens (including phenoxy) is 3. The molecule has 0 aliphatic carbocycles. The lowest BCUT2D eigenvalue weighted by atomic mass is 10.1. The van der Waals surface area contributed by atoms with Crippen LogP contribution in [0.25, 0.3) is 6.08 Å². The summed E-state index contributed by atoms with van der Waals surface area (Å²) in [5.74, 6) is -1.46. The number of nitrogens with one attached hydrogen (secondary N) is 1. The van der Waals surface area contributed by atoms with Gasteiger partial charge < -0.3 is 14.2 Å². The lowest BCUT2D eigenvalue weighted by Crippen LogP contribution is -2.54. The number of carbonyl (C=O) groups is 3. The average Bonchev–Trinajstić information content (AvgIpc) is 2.94. The quantitative estimate of drug-likeness (QED) is 0.128. The molecule has 1 saturated heterocycles. The highest BCUT2D eigenvalue weighted by molar-refractivity contribution is 9.10. The Bertz CT molecular complexity index is 1640. The molecular formula is C27H21BrN4O10. The lowest BCUT2D eigenvalue weighted by molar-refractivity contribution is -0.394. The van der Waals surface area contributed by atoms with E-state index in [4.69, 9.17) is 14.2 Å². The Morgan fingerprint density at radius 3 is 2.21 bits per heavy atom. The minimum Gasteiger partial charge on any atom is -0.494 e. The zero-order chi connectivity index (χ0) is 30.6. The highest BCUT2D eigenvalue weighted by atomic mass is 79.9. The molecule has 3 aromatic carbocycles. The average molecular weight is 641 g/mol. The Kier molecular flexibility index (Phi) is 8.81. The zero-order valence-corrected chi connectivity index (χ0v) is 23.6. The molecule has 0 spiro atoms. The molecule has 42 heavy (non-hydrogen) atoms. The minimum absolute atomic E-state index is 0.00145. The van der Waals surface area contributed by atoms with Crippen molar-refractivity contribution in [2.75, 3.05) is 18.1 Å². The molecule has 0 unspecified atom stereocenters. The SMILES string of the molecule is CCOc1ccc(N2C(=O)NC(=O)/C(=C\c3cc(Br)c(Oc4ccc([N+](=O)[O-])cc4[N+](=O)[O-])c(OCC)c3)C2=O)cc1. The fourth-order valence-corrected chi connectivity index (χ4v) is 4.45. The van der Waals surface area contributed by atoms with Gasteiger partial charge in [-0.2, -0.15) is 0 Å². The number of anilines is 1.